The molecule has 1 aromatic rings. The standard InChI is InChI=1S/C11H17N3/c1-8(12)9-3-6-11(13-7-9)14(2)10-4-5-10/h3,6-8,10H,4-5,12H2,1-2H3/t8-/m0/s1. The van der Waals surface area contributed by atoms with Crippen molar-refractivity contribution in [3.05, 3.63) is 23.9 Å². The van der Waals surface area contributed by atoms with Crippen LogP contribution in [0.1, 0.15) is 31.4 Å². The van der Waals surface area contributed by atoms with Crippen molar-refractivity contribution in [2.75, 3.05) is 11.9 Å². The molecule has 2 N–H and O–H groups in total. The minimum Gasteiger partial charge on any atom is -0.357 e. The van der Waals surface area contributed by atoms with E-state index in [0.717, 1.165) is 11.4 Å². The summed E-state index contributed by atoms with van der Waals surface area (Å²) in [7, 11) is 2.10. The van der Waals surface area contributed by atoms with Gasteiger partial charge in [-0.2, -0.15) is 0 Å². The Kier molecular flexibility index (Phi) is 2.42. The smallest absolute Gasteiger partial charge is 0.128 e. The molecule has 1 aliphatic carbocycles. The second kappa shape index (κ2) is 3.58. The number of hydrogen-bond acceptors (Lipinski definition) is 3. The first-order chi connectivity index (χ1) is 6.68. The van der Waals surface area contributed by atoms with Gasteiger partial charge in [0.05, 0.1) is 0 Å². The highest BCUT2D eigenvalue weighted by Gasteiger charge is 2.26. The number of rotatable bonds is 3. The fraction of sp³-hybridized carbons (Fsp3) is 0.545. The van der Waals surface area contributed by atoms with Gasteiger partial charge in [-0.25, -0.2) is 4.98 Å². The molecule has 1 fully saturated rings. The molecular formula is C11H17N3. The van der Waals surface area contributed by atoms with Crippen LogP contribution in [0.3, 0.4) is 0 Å². The van der Waals surface area contributed by atoms with E-state index in [0.29, 0.717) is 6.04 Å². The van der Waals surface area contributed by atoms with E-state index in [2.05, 4.69) is 29.1 Å². The quantitative estimate of drug-likeness (QED) is 0.790. The van der Waals surface area contributed by atoms with Crippen LogP contribution in [0.4, 0.5) is 5.82 Å². The summed E-state index contributed by atoms with van der Waals surface area (Å²) in [5.74, 6) is 1.05. The van der Waals surface area contributed by atoms with Gasteiger partial charge in [0.1, 0.15) is 5.82 Å². The Morgan fingerprint density at radius 3 is 2.64 bits per heavy atom. The number of nitrogens with two attached hydrogens (primary N) is 1. The van der Waals surface area contributed by atoms with Gasteiger partial charge in [-0.15, -0.1) is 0 Å². The van der Waals surface area contributed by atoms with E-state index in [9.17, 15) is 0 Å². The van der Waals surface area contributed by atoms with Crippen LogP contribution >= 0.6 is 0 Å². The molecule has 1 atom stereocenters. The topological polar surface area (TPSA) is 42.1 Å². The SMILES string of the molecule is C[C@H](N)c1ccc(N(C)C2CC2)nc1. The van der Waals surface area contributed by atoms with Crippen LogP contribution < -0.4 is 10.6 Å². The molecule has 1 aromatic heterocycles. The third-order valence-electron chi connectivity index (χ3n) is 2.75. The van der Waals surface area contributed by atoms with Gasteiger partial charge in [0, 0.05) is 25.3 Å². The molecule has 76 valence electrons. The van der Waals surface area contributed by atoms with Crippen molar-refractivity contribution >= 4 is 5.82 Å². The highest BCUT2D eigenvalue weighted by atomic mass is 15.2. The summed E-state index contributed by atoms with van der Waals surface area (Å²) in [6.07, 6.45) is 4.47. The minimum atomic E-state index is 0.0720. The second-order valence-electron chi connectivity index (χ2n) is 4.08. The van der Waals surface area contributed by atoms with Crippen molar-refractivity contribution in [2.45, 2.75) is 31.8 Å². The van der Waals surface area contributed by atoms with Gasteiger partial charge >= 0.3 is 0 Å². The van der Waals surface area contributed by atoms with Crippen LogP contribution in [0, 0.1) is 0 Å². The predicted molar refractivity (Wildman–Crippen MR) is 58.3 cm³/mol. The lowest BCUT2D eigenvalue weighted by molar-refractivity contribution is 0.806. The average Bonchev–Trinajstić information content (AvgIpc) is 3.00. The number of anilines is 1. The third kappa shape index (κ3) is 1.87. The van der Waals surface area contributed by atoms with Gasteiger partial charge < -0.3 is 10.6 Å². The van der Waals surface area contributed by atoms with E-state index in [-0.39, 0.29) is 6.04 Å². The Morgan fingerprint density at radius 2 is 2.21 bits per heavy atom. The summed E-state index contributed by atoms with van der Waals surface area (Å²) < 4.78 is 0. The van der Waals surface area contributed by atoms with Crippen molar-refractivity contribution in [2.24, 2.45) is 5.73 Å². The maximum absolute atomic E-state index is 5.76. The Balaban J connectivity index is 2.12. The van der Waals surface area contributed by atoms with Crippen LogP contribution in [0.2, 0.25) is 0 Å². The highest BCUT2D eigenvalue weighted by molar-refractivity contribution is 5.41. The number of pyridine rings is 1. The second-order valence-corrected chi connectivity index (χ2v) is 4.08. The molecule has 0 amide bonds. The first-order valence-corrected chi connectivity index (χ1v) is 5.13. The molecule has 14 heavy (non-hydrogen) atoms. The molecule has 0 aliphatic heterocycles. The maximum atomic E-state index is 5.76. The number of hydrogen-bond donors (Lipinski definition) is 1. The molecule has 0 spiro atoms. The van der Waals surface area contributed by atoms with E-state index in [4.69, 9.17) is 5.73 Å². The fourth-order valence-electron chi connectivity index (χ4n) is 1.52. The molecule has 1 aliphatic rings. The Hall–Kier alpha value is -1.09. The van der Waals surface area contributed by atoms with Crippen LogP contribution in [-0.4, -0.2) is 18.1 Å². The normalized spacial score (nSPS) is 17.9. The average molecular weight is 191 g/mol. The van der Waals surface area contributed by atoms with Crippen LogP contribution in [0.15, 0.2) is 18.3 Å². The third-order valence-corrected chi connectivity index (χ3v) is 2.75. The van der Waals surface area contributed by atoms with Crippen molar-refractivity contribution in [1.82, 2.24) is 4.98 Å². The zero-order valence-corrected chi connectivity index (χ0v) is 8.77. The highest BCUT2D eigenvalue weighted by Crippen LogP contribution is 2.29. The van der Waals surface area contributed by atoms with Crippen molar-refractivity contribution in [1.29, 1.82) is 0 Å². The lowest BCUT2D eigenvalue weighted by Crippen LogP contribution is -2.20. The van der Waals surface area contributed by atoms with Gasteiger partial charge in [0.2, 0.25) is 0 Å². The van der Waals surface area contributed by atoms with Crippen molar-refractivity contribution in [3.8, 4) is 0 Å². The van der Waals surface area contributed by atoms with E-state index in [1.165, 1.54) is 12.8 Å². The maximum Gasteiger partial charge on any atom is 0.128 e. The van der Waals surface area contributed by atoms with E-state index in [1.54, 1.807) is 0 Å². The summed E-state index contributed by atoms with van der Waals surface area (Å²) in [6, 6.07) is 4.90. The molecule has 0 radical (unpaired) electrons. The molecule has 0 saturated heterocycles. The van der Waals surface area contributed by atoms with E-state index < -0.39 is 0 Å². The lowest BCUT2D eigenvalue weighted by Gasteiger charge is -2.17. The first-order valence-electron chi connectivity index (χ1n) is 5.13. The summed E-state index contributed by atoms with van der Waals surface area (Å²) in [6.45, 7) is 1.97. The largest absolute Gasteiger partial charge is 0.357 e. The molecule has 3 nitrogen and oxygen atoms in total. The van der Waals surface area contributed by atoms with Gasteiger partial charge in [-0.05, 0) is 31.4 Å². The van der Waals surface area contributed by atoms with E-state index >= 15 is 0 Å². The zero-order chi connectivity index (χ0) is 10.1. The van der Waals surface area contributed by atoms with Crippen LogP contribution in [0.25, 0.3) is 0 Å². The zero-order valence-electron chi connectivity index (χ0n) is 8.77. The summed E-state index contributed by atoms with van der Waals surface area (Å²) in [4.78, 5) is 6.65. The van der Waals surface area contributed by atoms with Gasteiger partial charge in [0.25, 0.3) is 0 Å². The predicted octanol–water partition coefficient (Wildman–Crippen LogP) is 1.70. The minimum absolute atomic E-state index is 0.0720. The molecule has 0 aromatic carbocycles. The molecule has 1 saturated carbocycles. The lowest BCUT2D eigenvalue weighted by atomic mass is 10.1. The van der Waals surface area contributed by atoms with Crippen LogP contribution in [0.5, 0.6) is 0 Å². The molecule has 1 heterocycles. The fourth-order valence-corrected chi connectivity index (χ4v) is 1.52. The summed E-state index contributed by atoms with van der Waals surface area (Å²) in [5.41, 5.74) is 6.85. The van der Waals surface area contributed by atoms with Crippen molar-refractivity contribution < 1.29 is 0 Å². The first kappa shape index (κ1) is 9.46. The molecular weight excluding hydrogens is 174 g/mol. The van der Waals surface area contributed by atoms with E-state index in [1.807, 2.05) is 13.1 Å². The number of aromatic nitrogens is 1. The Bertz CT molecular complexity index is 301. The molecule has 0 unspecified atom stereocenters. The van der Waals surface area contributed by atoms with Crippen molar-refractivity contribution in [3.63, 3.8) is 0 Å². The summed E-state index contributed by atoms with van der Waals surface area (Å²) >= 11 is 0. The van der Waals surface area contributed by atoms with Gasteiger partial charge in [-0.3, -0.25) is 0 Å². The van der Waals surface area contributed by atoms with Gasteiger partial charge in [0.15, 0.2) is 0 Å². The monoisotopic (exact) mass is 191 g/mol. The number of nitrogens with zero attached hydrogens (tertiary/aromatic N) is 2. The summed E-state index contributed by atoms with van der Waals surface area (Å²) in [5, 5.41) is 0. The molecule has 0 bridgehead atoms. The molecule has 3 heteroatoms. The molecule has 2 rings (SSSR count). The van der Waals surface area contributed by atoms with Crippen LogP contribution in [-0.2, 0) is 0 Å². The van der Waals surface area contributed by atoms with Gasteiger partial charge in [-0.1, -0.05) is 6.07 Å². The Morgan fingerprint density at radius 1 is 1.50 bits per heavy atom. The Labute approximate surface area is 84.9 Å².